The predicted octanol–water partition coefficient (Wildman–Crippen LogP) is 2.13. The molecule has 148 valence electrons. The molecule has 0 radical (unpaired) electrons. The van der Waals surface area contributed by atoms with Crippen molar-refractivity contribution in [2.45, 2.75) is 32.7 Å². The number of halogens is 1. The van der Waals surface area contributed by atoms with Gasteiger partial charge in [-0.3, -0.25) is 9.59 Å². The summed E-state index contributed by atoms with van der Waals surface area (Å²) in [6, 6.07) is 4.18. The molecule has 1 aromatic carbocycles. The van der Waals surface area contributed by atoms with Gasteiger partial charge in [0.15, 0.2) is 0 Å². The fraction of sp³-hybridized carbons (Fsp3) is 0.600. The van der Waals surface area contributed by atoms with Crippen LogP contribution >= 0.6 is 0 Å². The fourth-order valence-corrected chi connectivity index (χ4v) is 3.91. The quantitative estimate of drug-likeness (QED) is 0.807. The number of carbonyl (C=O) groups is 2. The van der Waals surface area contributed by atoms with Gasteiger partial charge >= 0.3 is 0 Å². The van der Waals surface area contributed by atoms with E-state index in [9.17, 15) is 14.0 Å². The van der Waals surface area contributed by atoms with Crippen LogP contribution in [0.4, 0.5) is 10.1 Å². The first-order valence-corrected chi connectivity index (χ1v) is 9.60. The summed E-state index contributed by atoms with van der Waals surface area (Å²) in [6.07, 6.45) is 1.62. The van der Waals surface area contributed by atoms with Crippen molar-refractivity contribution in [2.75, 3.05) is 44.7 Å². The third kappa shape index (κ3) is 4.01. The Kier molecular flexibility index (Phi) is 5.87. The Bertz CT molecular complexity index is 702. The highest BCUT2D eigenvalue weighted by Crippen LogP contribution is 2.30. The van der Waals surface area contributed by atoms with Crippen molar-refractivity contribution in [1.82, 2.24) is 9.80 Å². The molecule has 0 N–H and O–H groups in total. The third-order valence-electron chi connectivity index (χ3n) is 5.39. The van der Waals surface area contributed by atoms with Crippen molar-refractivity contribution in [3.63, 3.8) is 0 Å². The summed E-state index contributed by atoms with van der Waals surface area (Å²) in [5, 5.41) is 0. The van der Waals surface area contributed by atoms with Crippen LogP contribution in [0.3, 0.4) is 0 Å². The molecule has 0 spiro atoms. The topological polar surface area (TPSA) is 53.1 Å². The lowest BCUT2D eigenvalue weighted by atomic mass is 10.1. The fourth-order valence-electron chi connectivity index (χ4n) is 3.91. The first-order valence-electron chi connectivity index (χ1n) is 9.60. The van der Waals surface area contributed by atoms with E-state index in [1.807, 2.05) is 18.7 Å². The molecule has 1 atom stereocenters. The van der Waals surface area contributed by atoms with Crippen molar-refractivity contribution >= 4 is 17.5 Å². The second kappa shape index (κ2) is 8.15. The van der Waals surface area contributed by atoms with Crippen molar-refractivity contribution in [1.29, 1.82) is 0 Å². The summed E-state index contributed by atoms with van der Waals surface area (Å²) in [5.74, 6) is 0.175. The van der Waals surface area contributed by atoms with Crippen LogP contribution in [0.2, 0.25) is 0 Å². The summed E-state index contributed by atoms with van der Waals surface area (Å²) in [6.45, 7) is 6.88. The lowest BCUT2D eigenvalue weighted by Crippen LogP contribution is -2.55. The summed E-state index contributed by atoms with van der Waals surface area (Å²) >= 11 is 0. The Labute approximate surface area is 159 Å². The van der Waals surface area contributed by atoms with E-state index in [0.29, 0.717) is 38.5 Å². The van der Waals surface area contributed by atoms with Gasteiger partial charge in [0.25, 0.3) is 0 Å². The van der Waals surface area contributed by atoms with E-state index in [1.165, 1.54) is 19.2 Å². The molecule has 1 unspecified atom stereocenters. The highest BCUT2D eigenvalue weighted by atomic mass is 19.1. The number of piperazine rings is 1. The number of hydrogen-bond acceptors (Lipinski definition) is 4. The van der Waals surface area contributed by atoms with Gasteiger partial charge in [-0.15, -0.1) is 0 Å². The molecule has 2 aliphatic heterocycles. The number of carbonyl (C=O) groups excluding carboxylic acids is 2. The number of benzene rings is 1. The molecule has 0 bridgehead atoms. The Morgan fingerprint density at radius 2 is 1.85 bits per heavy atom. The lowest BCUT2D eigenvalue weighted by molar-refractivity contribution is -0.145. The maximum Gasteiger partial charge on any atom is 0.245 e. The number of nitrogens with zero attached hydrogens (tertiary/aromatic N) is 3. The molecular formula is C20H28FN3O3. The third-order valence-corrected chi connectivity index (χ3v) is 5.39. The maximum atomic E-state index is 13.4. The highest BCUT2D eigenvalue weighted by molar-refractivity contribution is 5.89. The van der Waals surface area contributed by atoms with Gasteiger partial charge in [-0.25, -0.2) is 4.39 Å². The minimum absolute atomic E-state index is 0.0484. The van der Waals surface area contributed by atoms with E-state index in [0.717, 1.165) is 18.5 Å². The second-order valence-corrected chi connectivity index (χ2v) is 7.47. The van der Waals surface area contributed by atoms with Crippen LogP contribution in [0, 0.1) is 11.7 Å². The zero-order chi connectivity index (χ0) is 19.6. The molecule has 3 rings (SSSR count). The average Bonchev–Trinajstić information content (AvgIpc) is 3.16. The zero-order valence-electron chi connectivity index (χ0n) is 16.3. The van der Waals surface area contributed by atoms with Gasteiger partial charge in [-0.05, 0) is 25.0 Å². The monoisotopic (exact) mass is 377 g/mol. The van der Waals surface area contributed by atoms with Gasteiger partial charge in [-0.1, -0.05) is 13.8 Å². The van der Waals surface area contributed by atoms with E-state index in [-0.39, 0.29) is 29.6 Å². The van der Waals surface area contributed by atoms with Crippen LogP contribution in [0.25, 0.3) is 0 Å². The van der Waals surface area contributed by atoms with Crippen LogP contribution in [0.1, 0.15) is 26.7 Å². The normalized spacial score (nSPS) is 20.3. The molecule has 1 aromatic rings. The number of likely N-dealkylation sites (tertiary alicyclic amines) is 1. The van der Waals surface area contributed by atoms with Crippen molar-refractivity contribution in [3.8, 4) is 5.75 Å². The summed E-state index contributed by atoms with van der Waals surface area (Å²) in [4.78, 5) is 31.1. The van der Waals surface area contributed by atoms with Crippen LogP contribution in [-0.2, 0) is 9.59 Å². The minimum Gasteiger partial charge on any atom is -0.494 e. The van der Waals surface area contributed by atoms with Crippen molar-refractivity contribution in [2.24, 2.45) is 5.92 Å². The molecule has 2 heterocycles. The standard InChI is InChI=1S/C20H28FN3O3/c1-14(2)19(25)24-8-4-5-17(24)20(26)23-11-9-22(10-12-23)16-7-6-15(21)13-18(16)27-3/h6-7,13-14,17H,4-5,8-12H2,1-3H3. The van der Waals surface area contributed by atoms with Gasteiger partial charge in [0.2, 0.25) is 11.8 Å². The zero-order valence-corrected chi connectivity index (χ0v) is 16.3. The first kappa shape index (κ1) is 19.5. The molecule has 0 aromatic heterocycles. The van der Waals surface area contributed by atoms with E-state index >= 15 is 0 Å². The number of anilines is 1. The maximum absolute atomic E-state index is 13.4. The number of amides is 2. The SMILES string of the molecule is COc1cc(F)ccc1N1CCN(C(=O)C2CCCN2C(=O)C(C)C)CC1. The summed E-state index contributed by atoms with van der Waals surface area (Å²) in [7, 11) is 1.53. The molecule has 6 nitrogen and oxygen atoms in total. The smallest absolute Gasteiger partial charge is 0.245 e. The van der Waals surface area contributed by atoms with E-state index in [2.05, 4.69) is 4.90 Å². The van der Waals surface area contributed by atoms with Gasteiger partial charge in [0, 0.05) is 44.7 Å². The Morgan fingerprint density at radius 1 is 1.15 bits per heavy atom. The number of rotatable bonds is 4. The number of methoxy groups -OCH3 is 1. The molecule has 2 saturated heterocycles. The molecule has 7 heteroatoms. The Hall–Kier alpha value is -2.31. The molecule has 0 saturated carbocycles. The van der Waals surface area contributed by atoms with Crippen LogP contribution < -0.4 is 9.64 Å². The number of hydrogen-bond donors (Lipinski definition) is 0. The van der Waals surface area contributed by atoms with Crippen LogP contribution in [0.5, 0.6) is 5.75 Å². The molecule has 2 aliphatic rings. The van der Waals surface area contributed by atoms with E-state index in [4.69, 9.17) is 4.74 Å². The summed E-state index contributed by atoms with van der Waals surface area (Å²) < 4.78 is 18.7. The lowest BCUT2D eigenvalue weighted by Gasteiger charge is -2.38. The van der Waals surface area contributed by atoms with Crippen LogP contribution in [-0.4, -0.2) is 67.5 Å². The van der Waals surface area contributed by atoms with Gasteiger partial charge in [0.1, 0.15) is 17.6 Å². The second-order valence-electron chi connectivity index (χ2n) is 7.47. The minimum atomic E-state index is -0.333. The molecule has 2 amide bonds. The average molecular weight is 377 g/mol. The number of ether oxygens (including phenoxy) is 1. The largest absolute Gasteiger partial charge is 0.494 e. The molecule has 2 fully saturated rings. The van der Waals surface area contributed by atoms with Crippen LogP contribution in [0.15, 0.2) is 18.2 Å². The first-order chi connectivity index (χ1) is 12.9. The molecule has 27 heavy (non-hydrogen) atoms. The Balaban J connectivity index is 1.64. The van der Waals surface area contributed by atoms with E-state index in [1.54, 1.807) is 11.0 Å². The van der Waals surface area contributed by atoms with Gasteiger partial charge in [0.05, 0.1) is 12.8 Å². The van der Waals surface area contributed by atoms with Gasteiger partial charge in [-0.2, -0.15) is 0 Å². The van der Waals surface area contributed by atoms with Crippen molar-refractivity contribution < 1.29 is 18.7 Å². The van der Waals surface area contributed by atoms with Crippen molar-refractivity contribution in [3.05, 3.63) is 24.0 Å². The summed E-state index contributed by atoms with van der Waals surface area (Å²) in [5.41, 5.74) is 0.837. The predicted molar refractivity (Wildman–Crippen MR) is 101 cm³/mol. The van der Waals surface area contributed by atoms with Gasteiger partial charge < -0.3 is 19.4 Å². The highest BCUT2D eigenvalue weighted by Gasteiger charge is 2.38. The molecular weight excluding hydrogens is 349 g/mol. The van der Waals surface area contributed by atoms with E-state index < -0.39 is 0 Å². The molecule has 0 aliphatic carbocycles. The Morgan fingerprint density at radius 3 is 2.48 bits per heavy atom.